The zero-order valence-electron chi connectivity index (χ0n) is 13.1. The van der Waals surface area contributed by atoms with Gasteiger partial charge in [0.05, 0.1) is 0 Å². The maximum Gasteiger partial charge on any atom is 0.0450 e. The number of hydrogen-bond acceptors (Lipinski definition) is 3. The maximum atomic E-state index is 6.52. The summed E-state index contributed by atoms with van der Waals surface area (Å²) in [7, 11) is 2.23. The van der Waals surface area contributed by atoms with Crippen LogP contribution in [0.5, 0.6) is 0 Å². The third-order valence-corrected chi connectivity index (χ3v) is 4.65. The van der Waals surface area contributed by atoms with Crippen molar-refractivity contribution in [3.05, 3.63) is 35.9 Å². The number of hydrogen-bond donors (Lipinski definition) is 1. The summed E-state index contributed by atoms with van der Waals surface area (Å²) in [5.41, 5.74) is 7.76. The highest BCUT2D eigenvalue weighted by molar-refractivity contribution is 5.20. The van der Waals surface area contributed by atoms with Crippen molar-refractivity contribution in [2.45, 2.75) is 44.8 Å². The van der Waals surface area contributed by atoms with E-state index in [1.165, 1.54) is 24.9 Å². The lowest BCUT2D eigenvalue weighted by atomic mass is 9.98. The fourth-order valence-corrected chi connectivity index (χ4v) is 3.32. The van der Waals surface area contributed by atoms with Gasteiger partial charge in [-0.05, 0) is 38.9 Å². The summed E-state index contributed by atoms with van der Waals surface area (Å²) in [5.74, 6) is 0. The molecule has 1 aromatic rings. The summed E-state index contributed by atoms with van der Waals surface area (Å²) >= 11 is 0. The van der Waals surface area contributed by atoms with Crippen molar-refractivity contribution in [1.29, 1.82) is 0 Å². The van der Waals surface area contributed by atoms with Crippen LogP contribution in [0.15, 0.2) is 30.3 Å². The molecule has 0 radical (unpaired) electrons. The molecule has 0 aliphatic carbocycles. The van der Waals surface area contributed by atoms with Crippen LogP contribution in [-0.2, 0) is 0 Å². The van der Waals surface area contributed by atoms with E-state index >= 15 is 0 Å². The summed E-state index contributed by atoms with van der Waals surface area (Å²) in [4.78, 5) is 5.08. The van der Waals surface area contributed by atoms with Crippen LogP contribution >= 0.6 is 0 Å². The third kappa shape index (κ3) is 3.60. The van der Waals surface area contributed by atoms with Gasteiger partial charge in [0.25, 0.3) is 0 Å². The predicted molar refractivity (Wildman–Crippen MR) is 85.7 cm³/mol. The Morgan fingerprint density at radius 2 is 1.95 bits per heavy atom. The van der Waals surface area contributed by atoms with Crippen LogP contribution < -0.4 is 5.73 Å². The Balaban J connectivity index is 2.11. The Bertz CT molecular complexity index is 392. The number of rotatable bonds is 4. The standard InChI is InChI=1S/C17H29N3/c1-4-16-13-19(3)11-8-12-20(16)14(2)17(18)15-9-6-5-7-10-15/h5-7,9-10,14,16-17H,4,8,11-13,18H2,1-3H3. The average Bonchev–Trinajstić information content (AvgIpc) is 2.67. The van der Waals surface area contributed by atoms with Crippen molar-refractivity contribution in [3.63, 3.8) is 0 Å². The van der Waals surface area contributed by atoms with E-state index in [9.17, 15) is 0 Å². The zero-order chi connectivity index (χ0) is 14.5. The SMILES string of the molecule is CCC1CN(C)CCCN1C(C)C(N)c1ccccc1. The number of nitrogens with two attached hydrogens (primary N) is 1. The molecular formula is C17H29N3. The Hall–Kier alpha value is -0.900. The molecule has 0 spiro atoms. The third-order valence-electron chi connectivity index (χ3n) is 4.65. The smallest absolute Gasteiger partial charge is 0.0450 e. The van der Waals surface area contributed by atoms with E-state index < -0.39 is 0 Å². The highest BCUT2D eigenvalue weighted by atomic mass is 15.3. The molecule has 0 amide bonds. The molecule has 3 unspecified atom stereocenters. The lowest BCUT2D eigenvalue weighted by Crippen LogP contribution is -2.48. The van der Waals surface area contributed by atoms with Crippen molar-refractivity contribution in [2.75, 3.05) is 26.7 Å². The number of nitrogens with zero attached hydrogens (tertiary/aromatic N) is 2. The van der Waals surface area contributed by atoms with Crippen LogP contribution in [0.2, 0.25) is 0 Å². The molecule has 1 aliphatic rings. The molecule has 0 bridgehead atoms. The molecule has 2 N–H and O–H groups in total. The zero-order valence-corrected chi connectivity index (χ0v) is 13.1. The van der Waals surface area contributed by atoms with Crippen molar-refractivity contribution >= 4 is 0 Å². The molecule has 1 saturated heterocycles. The van der Waals surface area contributed by atoms with Crippen LogP contribution in [-0.4, -0.2) is 48.6 Å². The first-order valence-electron chi connectivity index (χ1n) is 7.88. The number of benzene rings is 1. The summed E-state index contributed by atoms with van der Waals surface area (Å²) in [6.07, 6.45) is 2.43. The summed E-state index contributed by atoms with van der Waals surface area (Å²) in [5, 5.41) is 0. The molecule has 3 atom stereocenters. The predicted octanol–water partition coefficient (Wildman–Crippen LogP) is 2.49. The Labute approximate surface area is 123 Å². The van der Waals surface area contributed by atoms with E-state index in [2.05, 4.69) is 61.0 Å². The molecule has 3 heteroatoms. The minimum Gasteiger partial charge on any atom is -0.323 e. The lowest BCUT2D eigenvalue weighted by Gasteiger charge is -2.38. The molecule has 3 nitrogen and oxygen atoms in total. The topological polar surface area (TPSA) is 32.5 Å². The Kier molecular flexibility index (Phi) is 5.58. The van der Waals surface area contributed by atoms with Gasteiger partial charge in [-0.2, -0.15) is 0 Å². The quantitative estimate of drug-likeness (QED) is 0.916. The monoisotopic (exact) mass is 275 g/mol. The van der Waals surface area contributed by atoms with Gasteiger partial charge < -0.3 is 10.6 Å². The van der Waals surface area contributed by atoms with Crippen LogP contribution in [0.25, 0.3) is 0 Å². The van der Waals surface area contributed by atoms with Crippen molar-refractivity contribution in [2.24, 2.45) is 5.73 Å². The van der Waals surface area contributed by atoms with Crippen LogP contribution in [0.4, 0.5) is 0 Å². The molecule has 1 aliphatic heterocycles. The molecule has 1 heterocycles. The lowest BCUT2D eigenvalue weighted by molar-refractivity contribution is 0.120. The molecular weight excluding hydrogens is 246 g/mol. The molecule has 0 saturated carbocycles. The summed E-state index contributed by atoms with van der Waals surface area (Å²) in [6.45, 7) is 8.08. The number of likely N-dealkylation sites (N-methyl/N-ethyl adjacent to an activating group) is 1. The minimum absolute atomic E-state index is 0.0913. The largest absolute Gasteiger partial charge is 0.323 e. The first-order chi connectivity index (χ1) is 9.63. The Morgan fingerprint density at radius 3 is 2.60 bits per heavy atom. The van der Waals surface area contributed by atoms with Crippen molar-refractivity contribution < 1.29 is 0 Å². The first kappa shape index (κ1) is 15.5. The first-order valence-corrected chi connectivity index (χ1v) is 7.88. The Morgan fingerprint density at radius 1 is 1.25 bits per heavy atom. The van der Waals surface area contributed by atoms with Crippen LogP contribution in [0, 0.1) is 0 Å². The second-order valence-electron chi connectivity index (χ2n) is 6.09. The molecule has 112 valence electrons. The fraction of sp³-hybridized carbons (Fsp3) is 0.647. The van der Waals surface area contributed by atoms with Gasteiger partial charge in [-0.3, -0.25) is 4.90 Å². The van der Waals surface area contributed by atoms with E-state index in [4.69, 9.17) is 5.73 Å². The molecule has 0 aromatic heterocycles. The van der Waals surface area contributed by atoms with Crippen molar-refractivity contribution in [1.82, 2.24) is 9.80 Å². The van der Waals surface area contributed by atoms with E-state index in [1.807, 2.05) is 0 Å². The van der Waals surface area contributed by atoms with E-state index in [0.29, 0.717) is 12.1 Å². The van der Waals surface area contributed by atoms with Crippen LogP contribution in [0.3, 0.4) is 0 Å². The van der Waals surface area contributed by atoms with E-state index in [0.717, 1.165) is 13.1 Å². The van der Waals surface area contributed by atoms with E-state index in [1.54, 1.807) is 0 Å². The minimum atomic E-state index is 0.0913. The second kappa shape index (κ2) is 7.21. The normalized spacial score (nSPS) is 25.1. The van der Waals surface area contributed by atoms with Crippen molar-refractivity contribution in [3.8, 4) is 0 Å². The highest BCUT2D eigenvalue weighted by Crippen LogP contribution is 2.23. The summed E-state index contributed by atoms with van der Waals surface area (Å²) < 4.78 is 0. The average molecular weight is 275 g/mol. The van der Waals surface area contributed by atoms with Gasteiger partial charge in [0.1, 0.15) is 0 Å². The molecule has 1 fully saturated rings. The second-order valence-corrected chi connectivity index (χ2v) is 6.09. The fourth-order valence-electron chi connectivity index (χ4n) is 3.32. The van der Waals surface area contributed by atoms with Gasteiger partial charge in [-0.15, -0.1) is 0 Å². The van der Waals surface area contributed by atoms with Gasteiger partial charge in [0.2, 0.25) is 0 Å². The maximum absolute atomic E-state index is 6.52. The highest BCUT2D eigenvalue weighted by Gasteiger charge is 2.29. The van der Waals surface area contributed by atoms with Gasteiger partial charge in [-0.25, -0.2) is 0 Å². The molecule has 20 heavy (non-hydrogen) atoms. The molecule has 1 aromatic carbocycles. The van der Waals surface area contributed by atoms with Gasteiger partial charge >= 0.3 is 0 Å². The summed E-state index contributed by atoms with van der Waals surface area (Å²) in [6, 6.07) is 11.6. The van der Waals surface area contributed by atoms with Crippen LogP contribution in [0.1, 0.15) is 38.3 Å². The van der Waals surface area contributed by atoms with E-state index in [-0.39, 0.29) is 6.04 Å². The molecule has 2 rings (SSSR count). The van der Waals surface area contributed by atoms with Gasteiger partial charge in [0.15, 0.2) is 0 Å². The van der Waals surface area contributed by atoms with Gasteiger partial charge in [0, 0.05) is 31.2 Å². The van der Waals surface area contributed by atoms with Gasteiger partial charge in [-0.1, -0.05) is 37.3 Å².